The van der Waals surface area contributed by atoms with Crippen LogP contribution in [0.3, 0.4) is 0 Å². The maximum Gasteiger partial charge on any atom is 0.239 e. The Morgan fingerprint density at radius 1 is 0.529 bits per heavy atom. The quantitative estimate of drug-likeness (QED) is 0.168. The number of rotatable bonds is 4. The highest BCUT2D eigenvalue weighted by molar-refractivity contribution is 8.08. The molecule has 1 aliphatic heterocycles. The fourth-order valence-corrected chi connectivity index (χ4v) is 8.64. The van der Waals surface area contributed by atoms with Gasteiger partial charge in [0.05, 0.1) is 0 Å². The first-order valence-corrected chi connectivity index (χ1v) is 20.0. The first-order valence-electron chi connectivity index (χ1n) is 18.3. The van der Waals surface area contributed by atoms with Crippen molar-refractivity contribution in [2.24, 2.45) is 0 Å². The molecule has 0 spiro atoms. The summed E-state index contributed by atoms with van der Waals surface area (Å²) in [7, 11) is 0. The first-order chi connectivity index (χ1) is 23.8. The molecule has 5 aromatic rings. The van der Waals surface area contributed by atoms with Gasteiger partial charge < -0.3 is 0 Å². The van der Waals surface area contributed by atoms with Gasteiger partial charge in [-0.3, -0.25) is 0 Å². The molecule has 0 bridgehead atoms. The lowest BCUT2D eigenvalue weighted by Crippen LogP contribution is -2.12. The van der Waals surface area contributed by atoms with E-state index in [-0.39, 0.29) is 21.7 Å². The summed E-state index contributed by atoms with van der Waals surface area (Å²) in [5.41, 5.74) is 12.2. The smallest absolute Gasteiger partial charge is 0.0888 e. The summed E-state index contributed by atoms with van der Waals surface area (Å²) in [6, 6.07) is 34.8. The molecule has 6 rings (SSSR count). The second kappa shape index (κ2) is 13.7. The number of hydrogen-bond donors (Lipinski definition) is 0. The molecular formula is C49H55S2+. The third-order valence-electron chi connectivity index (χ3n) is 9.95. The van der Waals surface area contributed by atoms with Gasteiger partial charge in [-0.25, -0.2) is 0 Å². The minimum absolute atomic E-state index is 0.0732. The van der Waals surface area contributed by atoms with E-state index < -0.39 is 0 Å². The minimum atomic E-state index is 0.0732. The molecule has 0 saturated heterocycles. The topological polar surface area (TPSA) is 0 Å². The lowest BCUT2D eigenvalue weighted by Gasteiger charge is -2.25. The van der Waals surface area contributed by atoms with E-state index in [9.17, 15) is 0 Å². The molecule has 4 aromatic carbocycles. The molecule has 1 aliphatic rings. The Balaban J connectivity index is 1.47. The van der Waals surface area contributed by atoms with Gasteiger partial charge in [0.15, 0.2) is 0 Å². The van der Waals surface area contributed by atoms with Crippen molar-refractivity contribution in [3.63, 3.8) is 0 Å². The summed E-state index contributed by atoms with van der Waals surface area (Å²) in [5, 5.41) is 1.31. The second-order valence-electron chi connectivity index (χ2n) is 18.2. The van der Waals surface area contributed by atoms with Gasteiger partial charge in [-0.1, -0.05) is 162 Å². The van der Waals surface area contributed by atoms with Crippen LogP contribution in [0.25, 0.3) is 37.1 Å². The molecule has 0 N–H and O–H groups in total. The molecule has 0 saturated carbocycles. The van der Waals surface area contributed by atoms with E-state index in [2.05, 4.69) is 198 Å². The van der Waals surface area contributed by atoms with E-state index in [4.69, 9.17) is 0 Å². The maximum absolute atomic E-state index is 2.41. The molecule has 0 radical (unpaired) electrons. The zero-order valence-corrected chi connectivity index (χ0v) is 34.4. The number of fused-ring (bicyclic) bond motifs is 2. The summed E-state index contributed by atoms with van der Waals surface area (Å²) >= 11 is 3.76. The van der Waals surface area contributed by atoms with Gasteiger partial charge in [-0.2, -0.15) is 0 Å². The standard InChI is InChI=1S/C49H55S2/c1-46(2,3)36-20-16-32(17-21-36)44-28-34(40-30-38(48(7,8)9)24-26-42(40)50-44)14-13-15-35-29-45(33-18-22-37(23-19-33)47(4,5)6)51-43-27-25-39(31-41(35)43)49(10,11)12/h13-31H,1-12H3/q+1. The van der Waals surface area contributed by atoms with Crippen LogP contribution in [0.15, 0.2) is 114 Å². The Labute approximate surface area is 316 Å². The largest absolute Gasteiger partial charge is 0.239 e. The fourth-order valence-electron chi connectivity index (χ4n) is 6.44. The van der Waals surface area contributed by atoms with Gasteiger partial charge in [0.2, 0.25) is 20.9 Å². The van der Waals surface area contributed by atoms with E-state index in [1.54, 1.807) is 0 Å². The first kappa shape index (κ1) is 37.1. The average molecular weight is 708 g/mol. The van der Waals surface area contributed by atoms with Gasteiger partial charge in [0.25, 0.3) is 0 Å². The van der Waals surface area contributed by atoms with Crippen molar-refractivity contribution in [1.82, 2.24) is 0 Å². The molecule has 2 heteroatoms. The van der Waals surface area contributed by atoms with Crippen LogP contribution in [0.2, 0.25) is 0 Å². The third-order valence-corrected chi connectivity index (χ3v) is 12.2. The second-order valence-corrected chi connectivity index (χ2v) is 20.4. The van der Waals surface area contributed by atoms with Gasteiger partial charge in [0.1, 0.15) is 0 Å². The van der Waals surface area contributed by atoms with Crippen molar-refractivity contribution in [3.8, 4) is 10.4 Å². The van der Waals surface area contributed by atoms with Crippen LogP contribution >= 0.6 is 23.1 Å². The predicted octanol–water partition coefficient (Wildman–Crippen LogP) is 15.3. The highest BCUT2D eigenvalue weighted by atomic mass is 32.2. The Morgan fingerprint density at radius 2 is 1.04 bits per heavy atom. The van der Waals surface area contributed by atoms with Crippen LogP contribution in [-0.4, -0.2) is 0 Å². The highest BCUT2D eigenvalue weighted by Crippen LogP contribution is 2.46. The minimum Gasteiger partial charge on any atom is -0.0888 e. The summed E-state index contributed by atoms with van der Waals surface area (Å²) in [6.07, 6.45) is 9.30. The van der Waals surface area contributed by atoms with E-state index in [1.807, 2.05) is 23.1 Å². The maximum atomic E-state index is 2.41. The third kappa shape index (κ3) is 8.34. The average Bonchev–Trinajstić information content (AvgIpc) is 3.06. The molecule has 0 unspecified atom stereocenters. The molecule has 262 valence electrons. The summed E-state index contributed by atoms with van der Waals surface area (Å²) in [4.78, 5) is 3.88. The van der Waals surface area contributed by atoms with Crippen LogP contribution in [-0.2, 0) is 21.7 Å². The van der Waals surface area contributed by atoms with Gasteiger partial charge >= 0.3 is 0 Å². The molecule has 0 atom stereocenters. The lowest BCUT2D eigenvalue weighted by molar-refractivity contribution is 0.589. The molecular weight excluding hydrogens is 653 g/mol. The molecule has 2 heterocycles. The number of benzene rings is 4. The molecule has 0 amide bonds. The fraction of sp³-hybridized carbons (Fsp3) is 0.327. The van der Waals surface area contributed by atoms with Crippen molar-refractivity contribution in [2.45, 2.75) is 110 Å². The summed E-state index contributed by atoms with van der Waals surface area (Å²) in [5.74, 6) is 0. The molecule has 1 aromatic heterocycles. The van der Waals surface area contributed by atoms with Crippen molar-refractivity contribution in [2.75, 3.05) is 0 Å². The van der Waals surface area contributed by atoms with Gasteiger partial charge in [-0.05, 0) is 103 Å². The van der Waals surface area contributed by atoms with Crippen LogP contribution in [0, 0.1) is 0 Å². The Hall–Kier alpha value is -3.72. The summed E-state index contributed by atoms with van der Waals surface area (Å²) < 4.78 is 1.31. The predicted molar refractivity (Wildman–Crippen MR) is 230 cm³/mol. The van der Waals surface area contributed by atoms with Crippen LogP contribution < -0.4 is 0 Å². The lowest BCUT2D eigenvalue weighted by atomic mass is 9.85. The van der Waals surface area contributed by atoms with Crippen LogP contribution in [0.4, 0.5) is 0 Å². The van der Waals surface area contributed by atoms with Crippen molar-refractivity contribution < 1.29 is 0 Å². The molecule has 0 aliphatic carbocycles. The Morgan fingerprint density at radius 3 is 1.61 bits per heavy atom. The summed E-state index contributed by atoms with van der Waals surface area (Å²) in [6.45, 7) is 27.5. The number of hydrogen-bond acceptors (Lipinski definition) is 1. The molecule has 0 fully saturated rings. The zero-order valence-electron chi connectivity index (χ0n) is 32.8. The van der Waals surface area contributed by atoms with Crippen molar-refractivity contribution in [3.05, 3.63) is 148 Å². The van der Waals surface area contributed by atoms with Crippen LogP contribution in [0.5, 0.6) is 0 Å². The Kier molecular flexibility index (Phi) is 9.94. The SMILES string of the molecule is CC(C)(C)c1ccc(C2=C/C(=C\C=C\c3cc(-c4ccc(C(C)(C)C)cc4)[s+]c4ccc(C(C)(C)C)cc34)c3cc(C(C)(C)C)ccc3S2)cc1. The molecule has 0 nitrogen and oxygen atoms in total. The highest BCUT2D eigenvalue weighted by Gasteiger charge is 2.24. The normalized spacial score (nSPS) is 15.1. The Bertz CT molecular complexity index is 2160. The van der Waals surface area contributed by atoms with E-state index in [0.717, 1.165) is 0 Å². The van der Waals surface area contributed by atoms with E-state index >= 15 is 0 Å². The monoisotopic (exact) mass is 707 g/mol. The van der Waals surface area contributed by atoms with E-state index in [0.29, 0.717) is 0 Å². The number of allylic oxidation sites excluding steroid dienone is 4. The van der Waals surface area contributed by atoms with Gasteiger partial charge in [-0.15, -0.1) is 0 Å². The molecule has 51 heavy (non-hydrogen) atoms. The number of thioether (sulfide) groups is 1. The van der Waals surface area contributed by atoms with Crippen LogP contribution in [0.1, 0.15) is 122 Å². The van der Waals surface area contributed by atoms with Gasteiger partial charge in [0, 0.05) is 32.9 Å². The van der Waals surface area contributed by atoms with Crippen molar-refractivity contribution in [1.29, 1.82) is 0 Å². The van der Waals surface area contributed by atoms with E-state index in [1.165, 1.54) is 74.8 Å². The zero-order chi connectivity index (χ0) is 36.9. The van der Waals surface area contributed by atoms with Crippen molar-refractivity contribution >= 4 is 49.7 Å².